The zero-order valence-electron chi connectivity index (χ0n) is 20.4. The van der Waals surface area contributed by atoms with Gasteiger partial charge in [-0.25, -0.2) is 0 Å². The van der Waals surface area contributed by atoms with Crippen LogP contribution in [0.3, 0.4) is 0 Å². The summed E-state index contributed by atoms with van der Waals surface area (Å²) in [5, 5.41) is 37.6. The molecule has 1 rings (SSSR count). The lowest BCUT2D eigenvalue weighted by atomic mass is 9.75. The summed E-state index contributed by atoms with van der Waals surface area (Å²) >= 11 is 0. The highest BCUT2D eigenvalue weighted by molar-refractivity contribution is 5.88. The molecule has 0 spiro atoms. The Balaban J connectivity index is 3.40. The van der Waals surface area contributed by atoms with Crippen LogP contribution in [0.5, 0.6) is 0 Å². The fraction of sp³-hybridized carbons (Fsp3) is 0.913. The number of esters is 1. The van der Waals surface area contributed by atoms with E-state index in [1.807, 2.05) is 13.8 Å². The molecule has 182 valence electrons. The molecule has 3 unspecified atom stereocenters. The number of methoxy groups -OCH3 is 1. The highest BCUT2D eigenvalue weighted by Crippen LogP contribution is 2.34. The summed E-state index contributed by atoms with van der Waals surface area (Å²) in [6.07, 6.45) is -0.354. The number of cyclic esters (lactones) is 1. The number of carbonyl (C=O) groups is 1. The Labute approximate surface area is 186 Å². The number of hydrogen-bond donors (Lipinski definition) is 3. The minimum absolute atomic E-state index is 0.0596. The molecule has 8 nitrogen and oxygen atoms in total. The van der Waals surface area contributed by atoms with Gasteiger partial charge < -0.3 is 29.6 Å². The molecule has 0 aromatic rings. The van der Waals surface area contributed by atoms with Gasteiger partial charge in [-0.15, -0.1) is 0 Å². The molecule has 0 aromatic heterocycles. The van der Waals surface area contributed by atoms with E-state index in [1.165, 1.54) is 14.0 Å². The van der Waals surface area contributed by atoms with E-state index in [4.69, 9.17) is 14.3 Å². The molecule has 1 aliphatic heterocycles. The summed E-state index contributed by atoms with van der Waals surface area (Å²) in [6.45, 7) is 12.4. The van der Waals surface area contributed by atoms with Crippen LogP contribution in [0.25, 0.3) is 0 Å². The topological polar surface area (TPSA) is 118 Å². The smallest absolute Gasteiger partial charge is 0.309 e. The number of nitrogens with zero attached hydrogens (tertiary/aromatic N) is 1. The molecule has 0 aliphatic carbocycles. The van der Waals surface area contributed by atoms with Gasteiger partial charge in [-0.3, -0.25) is 4.79 Å². The van der Waals surface area contributed by atoms with Crippen molar-refractivity contribution < 1.29 is 34.4 Å². The average molecular weight is 446 g/mol. The summed E-state index contributed by atoms with van der Waals surface area (Å²) in [4.78, 5) is 17.9. The van der Waals surface area contributed by atoms with Crippen molar-refractivity contribution in [1.29, 1.82) is 0 Å². The Morgan fingerprint density at radius 3 is 2.29 bits per heavy atom. The van der Waals surface area contributed by atoms with Crippen molar-refractivity contribution in [1.82, 2.24) is 0 Å². The number of aliphatic hydroxyl groups is 3. The quantitative estimate of drug-likeness (QED) is 0.263. The van der Waals surface area contributed by atoms with Gasteiger partial charge in [0.05, 0.1) is 23.3 Å². The summed E-state index contributed by atoms with van der Waals surface area (Å²) in [6, 6.07) is 0. The van der Waals surface area contributed by atoms with Crippen molar-refractivity contribution in [3.8, 4) is 0 Å². The maximum atomic E-state index is 12.7. The van der Waals surface area contributed by atoms with E-state index in [9.17, 15) is 20.1 Å². The third kappa shape index (κ3) is 7.70. The molecule has 3 N–H and O–H groups in total. The minimum Gasteiger partial charge on any atom is -0.459 e. The van der Waals surface area contributed by atoms with Crippen LogP contribution in [0.2, 0.25) is 0 Å². The highest BCUT2D eigenvalue weighted by atomic mass is 16.7. The largest absolute Gasteiger partial charge is 0.459 e. The monoisotopic (exact) mass is 445 g/mol. The Morgan fingerprint density at radius 1 is 1.13 bits per heavy atom. The lowest BCUT2D eigenvalue weighted by Crippen LogP contribution is -2.56. The molecular weight excluding hydrogens is 402 g/mol. The summed E-state index contributed by atoms with van der Waals surface area (Å²) in [5.41, 5.74) is -2.21. The summed E-state index contributed by atoms with van der Waals surface area (Å²) in [5.74, 6) is -1.57. The van der Waals surface area contributed by atoms with E-state index in [0.29, 0.717) is 31.4 Å². The summed E-state index contributed by atoms with van der Waals surface area (Å²) < 4.78 is 10.6. The molecule has 0 aromatic carbocycles. The zero-order valence-corrected chi connectivity index (χ0v) is 20.4. The first-order valence-corrected chi connectivity index (χ1v) is 11.3. The number of ether oxygens (including phenoxy) is 2. The van der Waals surface area contributed by atoms with E-state index in [2.05, 4.69) is 5.16 Å². The Morgan fingerprint density at radius 2 is 1.74 bits per heavy atom. The van der Waals surface area contributed by atoms with Crippen molar-refractivity contribution in [2.75, 3.05) is 13.9 Å². The predicted octanol–water partition coefficient (Wildman–Crippen LogP) is 2.88. The first-order chi connectivity index (χ1) is 14.3. The van der Waals surface area contributed by atoms with Crippen LogP contribution in [0.1, 0.15) is 74.1 Å². The molecule has 31 heavy (non-hydrogen) atoms. The molecule has 1 aliphatic rings. The van der Waals surface area contributed by atoms with E-state index in [1.54, 1.807) is 27.7 Å². The SMILES string of the molecule is CC[C@H]1OC(=O)C(C)C[C@H](C)C[C@](C)(O)C[C@@H](C)/C(=N\OCOC)C(C)C(O)[C@]1(C)O. The van der Waals surface area contributed by atoms with Gasteiger partial charge in [0, 0.05) is 18.9 Å². The molecule has 1 saturated heterocycles. The third-order valence-electron chi connectivity index (χ3n) is 6.36. The Kier molecular flexibility index (Phi) is 10.4. The maximum absolute atomic E-state index is 12.7. The van der Waals surface area contributed by atoms with Crippen LogP contribution in [0.4, 0.5) is 0 Å². The molecule has 0 radical (unpaired) electrons. The molecule has 0 bridgehead atoms. The van der Waals surface area contributed by atoms with E-state index in [-0.39, 0.29) is 24.5 Å². The van der Waals surface area contributed by atoms with Crippen molar-refractivity contribution in [3.05, 3.63) is 0 Å². The van der Waals surface area contributed by atoms with Crippen molar-refractivity contribution in [3.63, 3.8) is 0 Å². The lowest BCUT2D eigenvalue weighted by Gasteiger charge is -2.40. The van der Waals surface area contributed by atoms with E-state index < -0.39 is 35.3 Å². The Bertz CT molecular complexity index is 605. The van der Waals surface area contributed by atoms with Gasteiger partial charge in [0.2, 0.25) is 6.79 Å². The van der Waals surface area contributed by atoms with Crippen LogP contribution < -0.4 is 0 Å². The van der Waals surface area contributed by atoms with Crippen LogP contribution in [-0.4, -0.2) is 64.3 Å². The highest BCUT2D eigenvalue weighted by Gasteiger charge is 2.46. The van der Waals surface area contributed by atoms with Crippen molar-refractivity contribution in [2.45, 2.75) is 97.6 Å². The Hall–Kier alpha value is -1.22. The standard InChI is InChI=1S/C23H43NO7/c1-9-18-23(7,28)20(25)17(5)19(24-30-13-29-8)16(4)12-22(6,27)11-14(2)10-15(3)21(26)31-18/h14-18,20,25,27-28H,9-13H2,1-8H3/b24-19+/t14-,15?,16+,17?,18+,20?,22-,23+/m0/s1. The first-order valence-electron chi connectivity index (χ1n) is 11.3. The van der Waals surface area contributed by atoms with Crippen molar-refractivity contribution in [2.24, 2.45) is 28.8 Å². The second-order valence-electron chi connectivity index (χ2n) is 9.89. The van der Waals surface area contributed by atoms with Crippen LogP contribution in [0.15, 0.2) is 5.16 Å². The average Bonchev–Trinajstić information content (AvgIpc) is 2.65. The second-order valence-corrected chi connectivity index (χ2v) is 9.89. The molecule has 1 heterocycles. The second kappa shape index (κ2) is 11.6. The lowest BCUT2D eigenvalue weighted by molar-refractivity contribution is -0.186. The molecule has 0 saturated carbocycles. The molecule has 1 fully saturated rings. The summed E-state index contributed by atoms with van der Waals surface area (Å²) in [7, 11) is 1.48. The van der Waals surface area contributed by atoms with Crippen LogP contribution in [-0.2, 0) is 19.1 Å². The van der Waals surface area contributed by atoms with Gasteiger partial charge in [-0.2, -0.15) is 0 Å². The molecule has 8 heteroatoms. The number of aliphatic hydroxyl groups excluding tert-OH is 1. The number of carbonyl (C=O) groups excluding carboxylic acids is 1. The normalized spacial score (nSPS) is 42.7. The van der Waals surface area contributed by atoms with E-state index >= 15 is 0 Å². The molecular formula is C23H43NO7. The van der Waals surface area contributed by atoms with Gasteiger partial charge in [0.15, 0.2) is 0 Å². The van der Waals surface area contributed by atoms with Gasteiger partial charge >= 0.3 is 5.97 Å². The van der Waals surface area contributed by atoms with Gasteiger partial charge in [-0.05, 0) is 45.4 Å². The fourth-order valence-corrected chi connectivity index (χ4v) is 4.89. The number of oxime groups is 1. The number of rotatable bonds is 4. The molecule has 8 atom stereocenters. The van der Waals surface area contributed by atoms with Crippen LogP contribution >= 0.6 is 0 Å². The van der Waals surface area contributed by atoms with E-state index in [0.717, 1.165) is 0 Å². The van der Waals surface area contributed by atoms with Gasteiger partial charge in [0.1, 0.15) is 11.7 Å². The first kappa shape index (κ1) is 27.8. The number of hydrogen-bond acceptors (Lipinski definition) is 8. The van der Waals surface area contributed by atoms with Crippen molar-refractivity contribution >= 4 is 11.7 Å². The van der Waals surface area contributed by atoms with Gasteiger partial charge in [-0.1, -0.05) is 39.8 Å². The zero-order chi connectivity index (χ0) is 24.0. The third-order valence-corrected chi connectivity index (χ3v) is 6.36. The maximum Gasteiger partial charge on any atom is 0.309 e. The predicted molar refractivity (Wildman–Crippen MR) is 118 cm³/mol. The minimum atomic E-state index is -1.70. The fourth-order valence-electron chi connectivity index (χ4n) is 4.89. The van der Waals surface area contributed by atoms with Crippen LogP contribution in [0, 0.1) is 23.7 Å². The molecule has 0 amide bonds. The van der Waals surface area contributed by atoms with Gasteiger partial charge in [0.25, 0.3) is 0 Å².